The summed E-state index contributed by atoms with van der Waals surface area (Å²) in [6, 6.07) is 8.22. The molecule has 0 radical (unpaired) electrons. The summed E-state index contributed by atoms with van der Waals surface area (Å²) in [6.45, 7) is 2.77. The van der Waals surface area contributed by atoms with Gasteiger partial charge in [-0.15, -0.1) is 0 Å². The van der Waals surface area contributed by atoms with Gasteiger partial charge in [-0.2, -0.15) is 0 Å². The predicted octanol–water partition coefficient (Wildman–Crippen LogP) is 4.07. The Labute approximate surface area is 151 Å². The van der Waals surface area contributed by atoms with Crippen molar-refractivity contribution in [3.05, 3.63) is 46.5 Å². The first kappa shape index (κ1) is 18.7. The molecule has 25 heavy (non-hydrogen) atoms. The van der Waals surface area contributed by atoms with Crippen molar-refractivity contribution < 1.29 is 24.1 Å². The van der Waals surface area contributed by atoms with Crippen molar-refractivity contribution in [1.29, 1.82) is 0 Å². The molecular weight excluding hydrogens is 346 g/mol. The van der Waals surface area contributed by atoms with E-state index in [0.717, 1.165) is 5.56 Å². The molecule has 0 aliphatic rings. The zero-order chi connectivity index (χ0) is 18.4. The third kappa shape index (κ3) is 4.48. The van der Waals surface area contributed by atoms with Crippen LogP contribution in [0, 0.1) is 0 Å². The summed E-state index contributed by atoms with van der Waals surface area (Å²) in [7, 11) is 3.06. The number of hydrogen-bond acceptors (Lipinski definition) is 5. The van der Waals surface area contributed by atoms with Crippen LogP contribution >= 0.6 is 11.6 Å². The molecule has 0 aliphatic heterocycles. The molecule has 2 aromatic rings. The SMILES string of the molecule is CCOc1cc(CNc2cc(C(=O)O)ccc2OC)cc(Cl)c1OC. The van der Waals surface area contributed by atoms with Crippen molar-refractivity contribution in [3.8, 4) is 17.2 Å². The molecule has 6 nitrogen and oxygen atoms in total. The van der Waals surface area contributed by atoms with Crippen LogP contribution in [-0.4, -0.2) is 31.9 Å². The summed E-state index contributed by atoms with van der Waals surface area (Å²) in [6.07, 6.45) is 0. The monoisotopic (exact) mass is 365 g/mol. The predicted molar refractivity (Wildman–Crippen MR) is 96.5 cm³/mol. The average Bonchev–Trinajstić information content (AvgIpc) is 2.59. The van der Waals surface area contributed by atoms with Crippen LogP contribution in [0.3, 0.4) is 0 Å². The van der Waals surface area contributed by atoms with Gasteiger partial charge in [0.2, 0.25) is 0 Å². The number of nitrogens with one attached hydrogen (secondary N) is 1. The van der Waals surface area contributed by atoms with Crippen molar-refractivity contribution in [1.82, 2.24) is 0 Å². The van der Waals surface area contributed by atoms with Gasteiger partial charge in [-0.05, 0) is 42.8 Å². The summed E-state index contributed by atoms with van der Waals surface area (Å²) < 4.78 is 16.1. The van der Waals surface area contributed by atoms with E-state index >= 15 is 0 Å². The molecule has 0 spiro atoms. The molecule has 0 heterocycles. The minimum atomic E-state index is -1.00. The molecule has 0 atom stereocenters. The normalized spacial score (nSPS) is 10.2. The standard InChI is InChI=1S/C18H20ClNO5/c1-4-25-16-8-11(7-13(19)17(16)24-3)10-20-14-9-12(18(21)22)5-6-15(14)23-2/h5-9,20H,4,10H2,1-3H3,(H,21,22). The van der Waals surface area contributed by atoms with Crippen LogP contribution < -0.4 is 19.5 Å². The van der Waals surface area contributed by atoms with E-state index in [-0.39, 0.29) is 5.56 Å². The van der Waals surface area contributed by atoms with Crippen LogP contribution in [0.5, 0.6) is 17.2 Å². The molecule has 0 saturated carbocycles. The van der Waals surface area contributed by atoms with E-state index in [9.17, 15) is 4.79 Å². The van der Waals surface area contributed by atoms with Gasteiger partial charge in [0, 0.05) is 6.54 Å². The van der Waals surface area contributed by atoms with Gasteiger partial charge in [-0.1, -0.05) is 11.6 Å². The molecule has 0 saturated heterocycles. The molecular formula is C18H20ClNO5. The topological polar surface area (TPSA) is 77.0 Å². The lowest BCUT2D eigenvalue weighted by Gasteiger charge is -2.15. The zero-order valence-corrected chi connectivity index (χ0v) is 15.0. The highest BCUT2D eigenvalue weighted by molar-refractivity contribution is 6.32. The van der Waals surface area contributed by atoms with Crippen LogP contribution in [0.4, 0.5) is 5.69 Å². The third-order valence-electron chi connectivity index (χ3n) is 3.50. The Balaban J connectivity index is 2.26. The van der Waals surface area contributed by atoms with E-state index in [1.165, 1.54) is 26.4 Å². The number of rotatable bonds is 8. The van der Waals surface area contributed by atoms with Crippen LogP contribution in [-0.2, 0) is 6.54 Å². The largest absolute Gasteiger partial charge is 0.495 e. The van der Waals surface area contributed by atoms with Crippen molar-refractivity contribution in [3.63, 3.8) is 0 Å². The van der Waals surface area contributed by atoms with E-state index < -0.39 is 5.97 Å². The molecule has 2 rings (SSSR count). The number of ether oxygens (including phenoxy) is 3. The maximum atomic E-state index is 11.1. The Bertz CT molecular complexity index is 763. The van der Waals surface area contributed by atoms with E-state index in [1.807, 2.05) is 13.0 Å². The molecule has 0 unspecified atom stereocenters. The number of hydrogen-bond donors (Lipinski definition) is 2. The quantitative estimate of drug-likeness (QED) is 0.734. The number of methoxy groups -OCH3 is 2. The highest BCUT2D eigenvalue weighted by Crippen LogP contribution is 2.36. The smallest absolute Gasteiger partial charge is 0.335 e. The second-order valence-electron chi connectivity index (χ2n) is 5.12. The maximum Gasteiger partial charge on any atom is 0.335 e. The maximum absolute atomic E-state index is 11.1. The van der Waals surface area contributed by atoms with Gasteiger partial charge < -0.3 is 24.6 Å². The summed E-state index contributed by atoms with van der Waals surface area (Å²) >= 11 is 6.24. The molecule has 2 aromatic carbocycles. The number of carbonyl (C=O) groups is 1. The van der Waals surface area contributed by atoms with Gasteiger partial charge in [0.25, 0.3) is 0 Å². The van der Waals surface area contributed by atoms with Crippen LogP contribution in [0.15, 0.2) is 30.3 Å². The Morgan fingerprint density at radius 1 is 1.16 bits per heavy atom. The van der Waals surface area contributed by atoms with E-state index in [2.05, 4.69) is 5.32 Å². The number of carboxylic acid groups (broad SMARTS) is 1. The van der Waals surface area contributed by atoms with E-state index in [0.29, 0.717) is 41.1 Å². The summed E-state index contributed by atoms with van der Waals surface area (Å²) in [4.78, 5) is 11.1. The van der Waals surface area contributed by atoms with Crippen molar-refractivity contribution in [2.45, 2.75) is 13.5 Å². The van der Waals surface area contributed by atoms with Crippen molar-refractivity contribution in [2.24, 2.45) is 0 Å². The van der Waals surface area contributed by atoms with Gasteiger partial charge in [-0.3, -0.25) is 0 Å². The molecule has 7 heteroatoms. The highest BCUT2D eigenvalue weighted by atomic mass is 35.5. The average molecular weight is 366 g/mol. The third-order valence-corrected chi connectivity index (χ3v) is 3.78. The fourth-order valence-corrected chi connectivity index (χ4v) is 2.67. The second kappa shape index (κ2) is 8.48. The van der Waals surface area contributed by atoms with Crippen molar-refractivity contribution >= 4 is 23.3 Å². The van der Waals surface area contributed by atoms with Gasteiger partial charge in [-0.25, -0.2) is 4.79 Å². The van der Waals surface area contributed by atoms with Crippen LogP contribution in [0.25, 0.3) is 0 Å². The lowest BCUT2D eigenvalue weighted by Crippen LogP contribution is -2.05. The van der Waals surface area contributed by atoms with Crippen LogP contribution in [0.1, 0.15) is 22.8 Å². The first-order valence-corrected chi connectivity index (χ1v) is 8.02. The minimum absolute atomic E-state index is 0.172. The zero-order valence-electron chi connectivity index (χ0n) is 14.3. The molecule has 0 aromatic heterocycles. The molecule has 2 N–H and O–H groups in total. The number of aromatic carboxylic acids is 1. The fraction of sp³-hybridized carbons (Fsp3) is 0.278. The Hall–Kier alpha value is -2.60. The van der Waals surface area contributed by atoms with Crippen LogP contribution in [0.2, 0.25) is 5.02 Å². The lowest BCUT2D eigenvalue weighted by atomic mass is 10.1. The summed E-state index contributed by atoms with van der Waals surface area (Å²) in [5.41, 5.74) is 1.61. The van der Waals surface area contributed by atoms with Gasteiger partial charge in [0.15, 0.2) is 11.5 Å². The van der Waals surface area contributed by atoms with Crippen molar-refractivity contribution in [2.75, 3.05) is 26.1 Å². The number of halogens is 1. The second-order valence-corrected chi connectivity index (χ2v) is 5.52. The summed E-state index contributed by atoms with van der Waals surface area (Å²) in [5, 5.41) is 12.7. The number of benzene rings is 2. The molecule has 0 bridgehead atoms. The van der Waals surface area contributed by atoms with Gasteiger partial charge in [0.05, 0.1) is 37.1 Å². The minimum Gasteiger partial charge on any atom is -0.495 e. The van der Waals surface area contributed by atoms with E-state index in [4.69, 9.17) is 30.9 Å². The first-order valence-electron chi connectivity index (χ1n) is 7.64. The first-order chi connectivity index (χ1) is 12.0. The molecule has 0 fully saturated rings. The Morgan fingerprint density at radius 2 is 1.92 bits per heavy atom. The number of carboxylic acids is 1. The fourth-order valence-electron chi connectivity index (χ4n) is 2.36. The van der Waals surface area contributed by atoms with Gasteiger partial charge >= 0.3 is 5.97 Å². The Morgan fingerprint density at radius 3 is 2.52 bits per heavy atom. The summed E-state index contributed by atoms with van der Waals surface area (Å²) in [5.74, 6) is 0.588. The molecule has 134 valence electrons. The number of anilines is 1. The van der Waals surface area contributed by atoms with Gasteiger partial charge in [0.1, 0.15) is 5.75 Å². The molecule has 0 amide bonds. The Kier molecular flexibility index (Phi) is 6.36. The highest BCUT2D eigenvalue weighted by Gasteiger charge is 2.13. The molecule has 0 aliphatic carbocycles. The van der Waals surface area contributed by atoms with E-state index in [1.54, 1.807) is 12.1 Å². The lowest BCUT2D eigenvalue weighted by molar-refractivity contribution is 0.0697.